The van der Waals surface area contributed by atoms with Gasteiger partial charge in [0.25, 0.3) is 0 Å². The summed E-state index contributed by atoms with van der Waals surface area (Å²) in [6.45, 7) is 6.38. The summed E-state index contributed by atoms with van der Waals surface area (Å²) in [5, 5.41) is 0. The highest BCUT2D eigenvalue weighted by Gasteiger charge is 2.11. The Labute approximate surface area is 121 Å². The molecule has 1 unspecified atom stereocenters. The Hall–Kier alpha value is -1.73. The molecule has 2 heterocycles. The van der Waals surface area contributed by atoms with Crippen LogP contribution in [0.15, 0.2) is 30.7 Å². The van der Waals surface area contributed by atoms with Crippen molar-refractivity contribution in [3.63, 3.8) is 0 Å². The van der Waals surface area contributed by atoms with Gasteiger partial charge in [0.1, 0.15) is 0 Å². The molecule has 0 saturated heterocycles. The van der Waals surface area contributed by atoms with Gasteiger partial charge in [-0.15, -0.1) is 9.24 Å². The number of rotatable bonds is 2. The molecule has 0 aliphatic rings. The molecule has 20 heavy (non-hydrogen) atoms. The molecule has 0 spiro atoms. The zero-order valence-corrected chi connectivity index (χ0v) is 13.2. The van der Waals surface area contributed by atoms with E-state index in [1.807, 2.05) is 17.5 Å². The summed E-state index contributed by atoms with van der Waals surface area (Å²) in [5.74, 6) is 0.748. The van der Waals surface area contributed by atoms with Crippen molar-refractivity contribution in [2.75, 3.05) is 0 Å². The van der Waals surface area contributed by atoms with Crippen molar-refractivity contribution in [3.8, 4) is 11.3 Å². The van der Waals surface area contributed by atoms with Gasteiger partial charge in [-0.1, -0.05) is 12.1 Å². The average Bonchev–Trinajstić information content (AvgIpc) is 2.84. The Balaban J connectivity index is 2.18. The molecule has 3 rings (SSSR count). The first-order chi connectivity index (χ1) is 9.60. The van der Waals surface area contributed by atoms with Crippen LogP contribution in [0.3, 0.4) is 0 Å². The van der Waals surface area contributed by atoms with Crippen molar-refractivity contribution in [1.82, 2.24) is 14.4 Å². The van der Waals surface area contributed by atoms with Gasteiger partial charge < -0.3 is 0 Å². The number of imidazole rings is 1. The second-order valence-electron chi connectivity index (χ2n) is 5.19. The van der Waals surface area contributed by atoms with Crippen LogP contribution in [0.2, 0.25) is 0 Å². The Kier molecular flexibility index (Phi) is 3.31. The molecular weight excluding hydrogens is 265 g/mol. The van der Waals surface area contributed by atoms with Crippen LogP contribution in [0.5, 0.6) is 0 Å². The maximum Gasteiger partial charge on any atom is 0.234 e. The quantitative estimate of drug-likeness (QED) is 0.671. The van der Waals surface area contributed by atoms with Crippen molar-refractivity contribution in [2.45, 2.75) is 26.9 Å². The third-order valence-electron chi connectivity index (χ3n) is 3.83. The molecule has 102 valence electrons. The second kappa shape index (κ2) is 4.99. The van der Waals surface area contributed by atoms with Gasteiger partial charge in [0, 0.05) is 24.2 Å². The summed E-state index contributed by atoms with van der Waals surface area (Å²) < 4.78 is 1.99. The van der Waals surface area contributed by atoms with Crippen molar-refractivity contribution in [3.05, 3.63) is 53.0 Å². The summed E-state index contributed by atoms with van der Waals surface area (Å²) in [7, 11) is 2.79. The predicted molar refractivity (Wildman–Crippen MR) is 86.0 cm³/mol. The lowest BCUT2D eigenvalue weighted by atomic mass is 9.97. The topological polar surface area (TPSA) is 30.2 Å². The molecule has 0 bridgehead atoms. The van der Waals surface area contributed by atoms with Gasteiger partial charge in [-0.05, 0) is 49.2 Å². The summed E-state index contributed by atoms with van der Waals surface area (Å²) in [4.78, 5) is 8.99. The molecule has 1 atom stereocenters. The molecule has 0 aliphatic heterocycles. The van der Waals surface area contributed by atoms with Gasteiger partial charge in [-0.3, -0.25) is 4.40 Å². The maximum absolute atomic E-state index is 4.63. The van der Waals surface area contributed by atoms with E-state index in [-0.39, 0.29) is 0 Å². The lowest BCUT2D eigenvalue weighted by Gasteiger charge is -2.10. The molecule has 3 nitrogen and oxygen atoms in total. The molecule has 0 amide bonds. The fourth-order valence-corrected chi connectivity index (χ4v) is 2.93. The first-order valence-corrected chi connectivity index (χ1v) is 7.52. The maximum atomic E-state index is 4.63. The monoisotopic (exact) mass is 283 g/mol. The number of fused-ring (bicyclic) bond motifs is 1. The highest BCUT2D eigenvalue weighted by atomic mass is 31.0. The van der Waals surface area contributed by atoms with E-state index >= 15 is 0 Å². The van der Waals surface area contributed by atoms with Crippen LogP contribution in [0.4, 0.5) is 0 Å². The molecule has 0 aliphatic carbocycles. The van der Waals surface area contributed by atoms with E-state index in [1.54, 1.807) is 0 Å². The number of aromatic nitrogens is 3. The highest BCUT2D eigenvalue weighted by molar-refractivity contribution is 7.15. The van der Waals surface area contributed by atoms with E-state index in [2.05, 4.69) is 57.6 Å². The van der Waals surface area contributed by atoms with E-state index in [0.717, 1.165) is 23.2 Å². The van der Waals surface area contributed by atoms with Crippen LogP contribution >= 0.6 is 9.24 Å². The lowest BCUT2D eigenvalue weighted by molar-refractivity contribution is 1.08. The Morgan fingerprint density at radius 2 is 1.90 bits per heavy atom. The third-order valence-corrected chi connectivity index (χ3v) is 4.27. The summed E-state index contributed by atoms with van der Waals surface area (Å²) >= 11 is 0. The van der Waals surface area contributed by atoms with E-state index in [9.17, 15) is 0 Å². The number of nitrogens with zero attached hydrogens (tertiary/aromatic N) is 3. The number of hydrogen-bond donors (Lipinski definition) is 0. The molecule has 3 aromatic rings. The van der Waals surface area contributed by atoms with Crippen LogP contribution in [-0.2, 0) is 6.16 Å². The summed E-state index contributed by atoms with van der Waals surface area (Å²) in [6.07, 6.45) is 6.94. The van der Waals surface area contributed by atoms with Crippen molar-refractivity contribution in [1.29, 1.82) is 0 Å². The van der Waals surface area contributed by atoms with Gasteiger partial charge in [0.05, 0.1) is 5.69 Å². The Morgan fingerprint density at radius 1 is 1.10 bits per heavy atom. The molecule has 2 aromatic heterocycles. The Morgan fingerprint density at radius 3 is 2.65 bits per heavy atom. The minimum absolute atomic E-state index is 0.748. The molecule has 4 heteroatoms. The molecule has 0 N–H and O–H groups in total. The van der Waals surface area contributed by atoms with Crippen LogP contribution in [-0.4, -0.2) is 14.4 Å². The third kappa shape index (κ3) is 2.12. The fraction of sp³-hybridized carbons (Fsp3) is 0.250. The first kappa shape index (κ1) is 13.3. The minimum atomic E-state index is 0.748. The van der Waals surface area contributed by atoms with Crippen molar-refractivity contribution >= 4 is 15.0 Å². The Bertz CT molecular complexity index is 790. The average molecular weight is 283 g/mol. The van der Waals surface area contributed by atoms with E-state index < -0.39 is 0 Å². The molecule has 0 saturated carbocycles. The van der Waals surface area contributed by atoms with Gasteiger partial charge in [0.2, 0.25) is 5.78 Å². The van der Waals surface area contributed by atoms with Crippen LogP contribution in [0.1, 0.15) is 22.3 Å². The predicted octanol–water partition coefficient (Wildman–Crippen LogP) is 3.70. The fourth-order valence-electron chi connectivity index (χ4n) is 2.49. The van der Waals surface area contributed by atoms with E-state index in [4.69, 9.17) is 0 Å². The van der Waals surface area contributed by atoms with Crippen LogP contribution in [0, 0.1) is 20.8 Å². The zero-order valence-electron chi connectivity index (χ0n) is 12.0. The van der Waals surface area contributed by atoms with E-state index in [1.165, 1.54) is 22.3 Å². The smallest absolute Gasteiger partial charge is 0.234 e. The standard InChI is InChI=1S/C16H18N3P/c1-10-6-17-16-18-15(8-19(16)7-10)14-5-4-13(9-20)11(2)12(14)3/h4-8H,9,20H2,1-3H3. The largest absolute Gasteiger partial charge is 0.290 e. The van der Waals surface area contributed by atoms with Crippen molar-refractivity contribution < 1.29 is 0 Å². The summed E-state index contributed by atoms with van der Waals surface area (Å²) in [5.41, 5.74) is 7.32. The number of benzene rings is 1. The zero-order chi connectivity index (χ0) is 14.3. The van der Waals surface area contributed by atoms with Gasteiger partial charge >= 0.3 is 0 Å². The molecule has 0 fully saturated rings. The van der Waals surface area contributed by atoms with Gasteiger partial charge in [-0.25, -0.2) is 9.97 Å². The normalized spacial score (nSPS) is 11.2. The van der Waals surface area contributed by atoms with Gasteiger partial charge in [-0.2, -0.15) is 0 Å². The second-order valence-corrected chi connectivity index (χ2v) is 5.60. The van der Waals surface area contributed by atoms with E-state index in [0.29, 0.717) is 0 Å². The molecule has 0 radical (unpaired) electrons. The first-order valence-electron chi connectivity index (χ1n) is 6.71. The highest BCUT2D eigenvalue weighted by Crippen LogP contribution is 2.28. The number of aryl methyl sites for hydroxylation is 1. The molecule has 1 aromatic carbocycles. The summed E-state index contributed by atoms with van der Waals surface area (Å²) in [6, 6.07) is 4.35. The lowest BCUT2D eigenvalue weighted by Crippen LogP contribution is -1.92. The van der Waals surface area contributed by atoms with Crippen LogP contribution in [0.25, 0.3) is 17.0 Å². The SMILES string of the molecule is Cc1cnc2nc(-c3ccc(CP)c(C)c3C)cn2c1. The minimum Gasteiger partial charge on any atom is -0.290 e. The van der Waals surface area contributed by atoms with Gasteiger partial charge in [0.15, 0.2) is 0 Å². The molecular formula is C16H18N3P. The van der Waals surface area contributed by atoms with Crippen molar-refractivity contribution in [2.24, 2.45) is 0 Å². The van der Waals surface area contributed by atoms with Crippen LogP contribution < -0.4 is 0 Å². The number of hydrogen-bond acceptors (Lipinski definition) is 2.